The summed E-state index contributed by atoms with van der Waals surface area (Å²) in [7, 11) is 0. The maximum Gasteiger partial charge on any atom is 0.317 e. The number of halogens is 1. The van der Waals surface area contributed by atoms with Gasteiger partial charge in [0.05, 0.1) is 0 Å². The van der Waals surface area contributed by atoms with Crippen LogP contribution in [0.2, 0.25) is 0 Å². The fourth-order valence-electron chi connectivity index (χ4n) is 1.97. The summed E-state index contributed by atoms with van der Waals surface area (Å²) < 4.78 is 0.660. The summed E-state index contributed by atoms with van der Waals surface area (Å²) in [6, 6.07) is 6.96. The first-order valence-corrected chi connectivity index (χ1v) is 5.90. The van der Waals surface area contributed by atoms with Crippen LogP contribution in [-0.2, 0) is 4.79 Å². The van der Waals surface area contributed by atoms with Gasteiger partial charge < -0.3 is 5.11 Å². The highest BCUT2D eigenvalue weighted by Crippen LogP contribution is 2.44. The molecule has 1 aromatic carbocycles. The molecule has 4 heteroatoms. The number of carbonyl (C=O) groups excluding carboxylic acids is 1. The third-order valence-corrected chi connectivity index (χ3v) is 3.86. The number of Topliss-reactive ketones (excluding diaryl/α,β-unsaturated/α-hetero) is 1. The first-order valence-electron chi connectivity index (χ1n) is 5.11. The van der Waals surface area contributed by atoms with Crippen molar-refractivity contribution in [2.75, 3.05) is 0 Å². The van der Waals surface area contributed by atoms with Gasteiger partial charge in [-0.15, -0.1) is 0 Å². The molecular weight excluding hydrogens is 272 g/mol. The van der Waals surface area contributed by atoms with E-state index in [1.54, 1.807) is 24.3 Å². The number of hydrogen-bond donors (Lipinski definition) is 1. The lowest BCUT2D eigenvalue weighted by Crippen LogP contribution is -2.45. The van der Waals surface area contributed by atoms with Crippen LogP contribution in [0.25, 0.3) is 0 Å². The third-order valence-electron chi connectivity index (χ3n) is 3.17. The van der Waals surface area contributed by atoms with Crippen LogP contribution in [0.5, 0.6) is 0 Å². The van der Waals surface area contributed by atoms with Gasteiger partial charge in [0.1, 0.15) is 5.41 Å². The predicted molar refractivity (Wildman–Crippen MR) is 62.4 cm³/mol. The third kappa shape index (κ3) is 1.57. The van der Waals surface area contributed by atoms with Crippen molar-refractivity contribution >= 4 is 27.7 Å². The number of carbonyl (C=O) groups is 2. The second-order valence-corrected chi connectivity index (χ2v) is 4.90. The molecule has 1 fully saturated rings. The first-order chi connectivity index (χ1) is 7.58. The van der Waals surface area contributed by atoms with Crippen molar-refractivity contribution in [3.8, 4) is 0 Å². The Kier molecular flexibility index (Phi) is 2.84. The molecule has 1 N–H and O–H groups in total. The average molecular weight is 283 g/mol. The van der Waals surface area contributed by atoms with E-state index in [2.05, 4.69) is 15.9 Å². The zero-order chi connectivity index (χ0) is 11.8. The Morgan fingerprint density at radius 2 is 1.88 bits per heavy atom. The minimum Gasteiger partial charge on any atom is -0.480 e. The number of aliphatic carboxylic acids is 1. The lowest BCUT2D eigenvalue weighted by molar-refractivity contribution is -0.150. The topological polar surface area (TPSA) is 54.4 Å². The van der Waals surface area contributed by atoms with E-state index in [4.69, 9.17) is 0 Å². The Balaban J connectivity index is 2.39. The van der Waals surface area contributed by atoms with Crippen LogP contribution >= 0.6 is 15.9 Å². The van der Waals surface area contributed by atoms with Crippen molar-refractivity contribution in [3.63, 3.8) is 0 Å². The van der Waals surface area contributed by atoms with Crippen molar-refractivity contribution in [3.05, 3.63) is 34.3 Å². The normalized spacial score (nSPS) is 17.6. The standard InChI is InChI=1S/C12H11BrO3/c13-9-5-2-1-4-8(9)10(14)12(11(15)16)6-3-7-12/h1-2,4-5H,3,6-7H2,(H,15,16). The van der Waals surface area contributed by atoms with Crippen molar-refractivity contribution in [2.24, 2.45) is 5.41 Å². The van der Waals surface area contributed by atoms with Crippen LogP contribution in [0.3, 0.4) is 0 Å². The van der Waals surface area contributed by atoms with Crippen LogP contribution < -0.4 is 0 Å². The van der Waals surface area contributed by atoms with Crippen molar-refractivity contribution in [1.82, 2.24) is 0 Å². The Bertz CT molecular complexity index is 449. The molecule has 84 valence electrons. The molecule has 1 aliphatic rings. The van der Waals surface area contributed by atoms with Gasteiger partial charge in [-0.3, -0.25) is 9.59 Å². The minimum atomic E-state index is -1.18. The van der Waals surface area contributed by atoms with Crippen LogP contribution in [0.4, 0.5) is 0 Å². The quantitative estimate of drug-likeness (QED) is 0.685. The van der Waals surface area contributed by atoms with E-state index in [1.165, 1.54) is 0 Å². The Morgan fingerprint density at radius 1 is 1.25 bits per heavy atom. The van der Waals surface area contributed by atoms with E-state index in [9.17, 15) is 14.7 Å². The largest absolute Gasteiger partial charge is 0.480 e. The molecule has 0 radical (unpaired) electrons. The zero-order valence-electron chi connectivity index (χ0n) is 8.57. The number of benzene rings is 1. The van der Waals surface area contributed by atoms with Crippen LogP contribution in [0.1, 0.15) is 29.6 Å². The highest BCUT2D eigenvalue weighted by atomic mass is 79.9. The van der Waals surface area contributed by atoms with E-state index in [0.29, 0.717) is 22.9 Å². The Hall–Kier alpha value is -1.16. The van der Waals surface area contributed by atoms with Crippen molar-refractivity contribution in [2.45, 2.75) is 19.3 Å². The minimum absolute atomic E-state index is 0.279. The number of carboxylic acids is 1. The molecule has 0 saturated heterocycles. The molecule has 3 nitrogen and oxygen atoms in total. The summed E-state index contributed by atoms with van der Waals surface area (Å²) in [5, 5.41) is 9.17. The summed E-state index contributed by atoms with van der Waals surface area (Å²) in [5.41, 5.74) is -0.714. The molecule has 0 atom stereocenters. The Labute approximate surface area is 102 Å². The van der Waals surface area contributed by atoms with Gasteiger partial charge in [-0.05, 0) is 18.9 Å². The molecule has 0 unspecified atom stereocenters. The number of ketones is 1. The second-order valence-electron chi connectivity index (χ2n) is 4.05. The molecule has 0 heterocycles. The second kappa shape index (κ2) is 4.01. The summed E-state index contributed by atoms with van der Waals surface area (Å²) >= 11 is 3.28. The smallest absolute Gasteiger partial charge is 0.317 e. The summed E-state index contributed by atoms with van der Waals surface area (Å²) in [6.07, 6.45) is 1.70. The molecule has 0 aromatic heterocycles. The highest BCUT2D eigenvalue weighted by Gasteiger charge is 2.51. The van der Waals surface area contributed by atoms with Crippen molar-refractivity contribution in [1.29, 1.82) is 0 Å². The summed E-state index contributed by atoms with van der Waals surface area (Å²) in [6.45, 7) is 0. The molecule has 0 amide bonds. The Morgan fingerprint density at radius 3 is 2.31 bits per heavy atom. The van der Waals surface area contributed by atoms with Gasteiger partial charge in [0.15, 0.2) is 5.78 Å². The maximum atomic E-state index is 12.2. The van der Waals surface area contributed by atoms with E-state index in [0.717, 1.165) is 6.42 Å². The van der Waals surface area contributed by atoms with Gasteiger partial charge in [0.25, 0.3) is 0 Å². The van der Waals surface area contributed by atoms with E-state index < -0.39 is 11.4 Å². The number of carboxylic acid groups (broad SMARTS) is 1. The first kappa shape index (κ1) is 11.3. The van der Waals surface area contributed by atoms with Gasteiger partial charge in [-0.2, -0.15) is 0 Å². The molecule has 16 heavy (non-hydrogen) atoms. The molecule has 1 saturated carbocycles. The fourth-order valence-corrected chi connectivity index (χ4v) is 2.44. The molecule has 0 spiro atoms. The molecule has 1 aromatic rings. The van der Waals surface area contributed by atoms with E-state index >= 15 is 0 Å². The molecule has 0 bridgehead atoms. The molecular formula is C12H11BrO3. The van der Waals surface area contributed by atoms with Crippen LogP contribution in [0, 0.1) is 5.41 Å². The van der Waals surface area contributed by atoms with Crippen molar-refractivity contribution < 1.29 is 14.7 Å². The summed E-state index contributed by atoms with van der Waals surface area (Å²) in [4.78, 5) is 23.4. The fraction of sp³-hybridized carbons (Fsp3) is 0.333. The van der Waals surface area contributed by atoms with Gasteiger partial charge in [-0.25, -0.2) is 0 Å². The van der Waals surface area contributed by atoms with Gasteiger partial charge in [0.2, 0.25) is 0 Å². The predicted octanol–water partition coefficient (Wildman–Crippen LogP) is 2.89. The van der Waals surface area contributed by atoms with Crippen LogP contribution in [-0.4, -0.2) is 16.9 Å². The lowest BCUT2D eigenvalue weighted by Gasteiger charge is -2.36. The highest BCUT2D eigenvalue weighted by molar-refractivity contribution is 9.10. The molecule has 0 aliphatic heterocycles. The lowest BCUT2D eigenvalue weighted by atomic mass is 9.64. The molecule has 1 aliphatic carbocycles. The number of rotatable bonds is 3. The molecule has 2 rings (SSSR count). The van der Waals surface area contributed by atoms with Gasteiger partial charge >= 0.3 is 5.97 Å². The van der Waals surface area contributed by atoms with E-state index in [1.807, 2.05) is 0 Å². The average Bonchev–Trinajstić information content (AvgIpc) is 2.15. The van der Waals surface area contributed by atoms with Gasteiger partial charge in [0, 0.05) is 10.0 Å². The summed E-state index contributed by atoms with van der Waals surface area (Å²) in [5.74, 6) is -1.28. The SMILES string of the molecule is O=C(O)C1(C(=O)c2ccccc2Br)CCC1. The van der Waals surface area contributed by atoms with E-state index in [-0.39, 0.29) is 5.78 Å². The maximum absolute atomic E-state index is 12.2. The van der Waals surface area contributed by atoms with Gasteiger partial charge in [-0.1, -0.05) is 40.5 Å². The monoisotopic (exact) mass is 282 g/mol. The number of hydrogen-bond acceptors (Lipinski definition) is 2. The van der Waals surface area contributed by atoms with Crippen LogP contribution in [0.15, 0.2) is 28.7 Å². The zero-order valence-corrected chi connectivity index (χ0v) is 10.2.